The average molecular weight is 472 g/mol. The molecule has 2 aromatic rings. The van der Waals surface area contributed by atoms with Crippen molar-refractivity contribution in [1.82, 2.24) is 9.80 Å². The molecule has 0 aromatic heterocycles. The highest BCUT2D eigenvalue weighted by atomic mass is 35.5. The summed E-state index contributed by atoms with van der Waals surface area (Å²) in [5.41, 5.74) is 1.25. The molecule has 6 heteroatoms. The van der Waals surface area contributed by atoms with E-state index >= 15 is 0 Å². The van der Waals surface area contributed by atoms with Crippen LogP contribution in [0.25, 0.3) is 0 Å². The van der Waals surface area contributed by atoms with Gasteiger partial charge in [0.05, 0.1) is 12.1 Å². The van der Waals surface area contributed by atoms with Crippen LogP contribution in [0.15, 0.2) is 65.6 Å². The lowest BCUT2D eigenvalue weighted by Gasteiger charge is -2.41. The molecule has 30 heavy (non-hydrogen) atoms. The minimum atomic E-state index is -0.291. The number of aliphatic hydroxyl groups is 1. The van der Waals surface area contributed by atoms with Gasteiger partial charge in [-0.05, 0) is 42.8 Å². The van der Waals surface area contributed by atoms with E-state index in [1.54, 1.807) is 0 Å². The summed E-state index contributed by atoms with van der Waals surface area (Å²) in [5.74, 6) is 1.17. The Kier molecular flexibility index (Phi) is 13.7. The van der Waals surface area contributed by atoms with Gasteiger partial charge >= 0.3 is 0 Å². The third kappa shape index (κ3) is 8.41. The Bertz CT molecular complexity index is 669. The van der Waals surface area contributed by atoms with Gasteiger partial charge in [0, 0.05) is 31.1 Å². The van der Waals surface area contributed by atoms with Gasteiger partial charge in [-0.3, -0.25) is 4.90 Å². The molecule has 2 aromatic carbocycles. The molecule has 0 bridgehead atoms. The Morgan fingerprint density at radius 1 is 0.900 bits per heavy atom. The van der Waals surface area contributed by atoms with E-state index < -0.39 is 0 Å². The first kappa shape index (κ1) is 27.3. The summed E-state index contributed by atoms with van der Waals surface area (Å²) >= 11 is 1.95. The molecule has 3 nitrogen and oxygen atoms in total. The number of hydrogen-bond acceptors (Lipinski definition) is 4. The maximum atomic E-state index is 10.8. The summed E-state index contributed by atoms with van der Waals surface area (Å²) in [4.78, 5) is 6.43. The minimum absolute atomic E-state index is 0. The fraction of sp³-hybridized carbons (Fsp3) is 0.500. The van der Waals surface area contributed by atoms with Gasteiger partial charge in [0.2, 0.25) is 0 Å². The molecular weight excluding hydrogens is 435 g/mol. The molecule has 1 N–H and O–H groups in total. The van der Waals surface area contributed by atoms with Gasteiger partial charge < -0.3 is 10.0 Å². The van der Waals surface area contributed by atoms with Crippen LogP contribution < -0.4 is 0 Å². The first-order valence-corrected chi connectivity index (χ1v) is 11.6. The Balaban J connectivity index is 0.00000225. The highest BCUT2D eigenvalue weighted by molar-refractivity contribution is 7.99. The second-order valence-corrected chi connectivity index (χ2v) is 8.77. The van der Waals surface area contributed by atoms with Crippen molar-refractivity contribution < 1.29 is 5.11 Å². The molecule has 0 aliphatic carbocycles. The molecule has 1 fully saturated rings. The van der Waals surface area contributed by atoms with Crippen LogP contribution in [0, 0.1) is 0 Å². The molecule has 168 valence electrons. The summed E-state index contributed by atoms with van der Waals surface area (Å²) < 4.78 is 0. The fourth-order valence-corrected chi connectivity index (χ4v) is 4.90. The smallest absolute Gasteiger partial charge is 0.0736 e. The maximum Gasteiger partial charge on any atom is 0.0736 e. The minimum Gasteiger partial charge on any atom is -0.391 e. The lowest BCUT2D eigenvalue weighted by atomic mass is 9.96. The van der Waals surface area contributed by atoms with Crippen LogP contribution in [0.3, 0.4) is 0 Å². The first-order chi connectivity index (χ1) is 13.8. The van der Waals surface area contributed by atoms with Crippen LogP contribution in [-0.4, -0.2) is 59.5 Å². The fourth-order valence-electron chi connectivity index (χ4n) is 4.04. The van der Waals surface area contributed by atoms with Gasteiger partial charge in [0.15, 0.2) is 0 Å². The SMILES string of the molecule is CCCC(O)C(c1ccccc1)N1CCN(CCCSc2ccccc2)CC1.Cl.Cl. The molecule has 0 amide bonds. The van der Waals surface area contributed by atoms with E-state index in [2.05, 4.69) is 77.4 Å². The first-order valence-electron chi connectivity index (χ1n) is 10.6. The van der Waals surface area contributed by atoms with E-state index in [0.717, 1.165) is 39.0 Å². The average Bonchev–Trinajstić information content (AvgIpc) is 2.74. The van der Waals surface area contributed by atoms with E-state index in [-0.39, 0.29) is 37.0 Å². The summed E-state index contributed by atoms with van der Waals surface area (Å²) in [6, 6.07) is 21.3. The molecule has 2 atom stereocenters. The molecule has 1 saturated heterocycles. The van der Waals surface area contributed by atoms with Gasteiger partial charge in [-0.25, -0.2) is 0 Å². The van der Waals surface area contributed by atoms with Gasteiger partial charge in [-0.2, -0.15) is 0 Å². The molecule has 0 spiro atoms. The second kappa shape index (κ2) is 15.1. The second-order valence-electron chi connectivity index (χ2n) is 7.60. The zero-order chi connectivity index (χ0) is 19.6. The molecule has 1 aliphatic rings. The number of piperazine rings is 1. The van der Waals surface area contributed by atoms with Gasteiger partial charge in [-0.15, -0.1) is 36.6 Å². The van der Waals surface area contributed by atoms with Crippen molar-refractivity contribution in [1.29, 1.82) is 0 Å². The van der Waals surface area contributed by atoms with E-state index in [4.69, 9.17) is 0 Å². The van der Waals surface area contributed by atoms with Gasteiger partial charge in [0.1, 0.15) is 0 Å². The monoisotopic (exact) mass is 470 g/mol. The lowest BCUT2D eigenvalue weighted by molar-refractivity contribution is 0.0136. The molecule has 1 heterocycles. The van der Waals surface area contributed by atoms with Crippen molar-refractivity contribution in [3.8, 4) is 0 Å². The summed E-state index contributed by atoms with van der Waals surface area (Å²) in [6.45, 7) is 7.58. The number of thioether (sulfide) groups is 1. The number of benzene rings is 2. The van der Waals surface area contributed by atoms with Crippen LogP contribution in [0.1, 0.15) is 37.8 Å². The lowest BCUT2D eigenvalue weighted by Crippen LogP contribution is -2.50. The van der Waals surface area contributed by atoms with Crippen LogP contribution in [0.2, 0.25) is 0 Å². The standard InChI is InChI=1S/C24H34N2OS.2ClH/c1-2-10-23(27)24(21-11-5-3-6-12-21)26-18-16-25(17-19-26)15-9-20-28-22-13-7-4-8-14-22;;/h3-8,11-14,23-24,27H,2,9-10,15-20H2,1H3;2*1H. The Morgan fingerprint density at radius 3 is 2.10 bits per heavy atom. The third-order valence-corrected chi connectivity index (χ3v) is 6.62. The molecular formula is C24H36Cl2N2OS. The van der Waals surface area contributed by atoms with Crippen molar-refractivity contribution in [2.24, 2.45) is 0 Å². The molecule has 2 unspecified atom stereocenters. The number of aliphatic hydroxyl groups excluding tert-OH is 1. The van der Waals surface area contributed by atoms with E-state index in [1.165, 1.54) is 29.2 Å². The molecule has 0 saturated carbocycles. The summed E-state index contributed by atoms with van der Waals surface area (Å²) in [6.07, 6.45) is 2.81. The molecule has 3 rings (SSSR count). The van der Waals surface area contributed by atoms with Crippen molar-refractivity contribution in [3.63, 3.8) is 0 Å². The number of nitrogens with zero attached hydrogens (tertiary/aromatic N) is 2. The number of halogens is 2. The molecule has 0 radical (unpaired) electrons. The van der Waals surface area contributed by atoms with Crippen LogP contribution in [0.5, 0.6) is 0 Å². The number of hydrogen-bond donors (Lipinski definition) is 1. The largest absolute Gasteiger partial charge is 0.391 e. The van der Waals surface area contributed by atoms with Crippen LogP contribution >= 0.6 is 36.6 Å². The normalized spacial score (nSPS) is 16.9. The van der Waals surface area contributed by atoms with Crippen LogP contribution in [-0.2, 0) is 0 Å². The van der Waals surface area contributed by atoms with Gasteiger partial charge in [0.25, 0.3) is 0 Å². The highest BCUT2D eigenvalue weighted by Gasteiger charge is 2.29. The summed E-state index contributed by atoms with van der Waals surface area (Å²) in [7, 11) is 0. The predicted octanol–water partition coefficient (Wildman–Crippen LogP) is 5.53. The highest BCUT2D eigenvalue weighted by Crippen LogP contribution is 2.28. The number of rotatable bonds is 10. The van der Waals surface area contributed by atoms with Crippen molar-refractivity contribution in [2.75, 3.05) is 38.5 Å². The quantitative estimate of drug-likeness (QED) is 0.364. The van der Waals surface area contributed by atoms with Gasteiger partial charge in [-0.1, -0.05) is 61.9 Å². The Labute approximate surface area is 199 Å². The van der Waals surface area contributed by atoms with Crippen molar-refractivity contribution in [2.45, 2.75) is 43.2 Å². The van der Waals surface area contributed by atoms with Crippen molar-refractivity contribution in [3.05, 3.63) is 66.2 Å². The van der Waals surface area contributed by atoms with E-state index in [1.807, 2.05) is 11.8 Å². The van der Waals surface area contributed by atoms with Crippen LogP contribution in [0.4, 0.5) is 0 Å². The van der Waals surface area contributed by atoms with Crippen molar-refractivity contribution >= 4 is 36.6 Å². The Morgan fingerprint density at radius 2 is 1.50 bits per heavy atom. The third-order valence-electron chi connectivity index (χ3n) is 5.52. The Hall–Kier alpha value is -0.750. The van der Waals surface area contributed by atoms with E-state index in [0.29, 0.717) is 0 Å². The predicted molar refractivity (Wildman–Crippen MR) is 134 cm³/mol. The zero-order valence-corrected chi connectivity index (χ0v) is 20.3. The maximum absolute atomic E-state index is 10.8. The molecule has 1 aliphatic heterocycles. The summed E-state index contributed by atoms with van der Waals surface area (Å²) in [5, 5.41) is 10.8. The van der Waals surface area contributed by atoms with E-state index in [9.17, 15) is 5.11 Å². The topological polar surface area (TPSA) is 26.7 Å². The zero-order valence-electron chi connectivity index (χ0n) is 17.9.